The summed E-state index contributed by atoms with van der Waals surface area (Å²) in [5.41, 5.74) is 5.85. The molecule has 0 aliphatic rings. The molecular formula is C12H17Cl3N2O2S. The van der Waals surface area contributed by atoms with Crippen molar-refractivity contribution < 1.29 is 8.42 Å². The van der Waals surface area contributed by atoms with Gasteiger partial charge in [-0.2, -0.15) is 0 Å². The van der Waals surface area contributed by atoms with Crippen molar-refractivity contribution in [3.05, 3.63) is 27.2 Å². The lowest BCUT2D eigenvalue weighted by Gasteiger charge is -2.16. The molecule has 8 heteroatoms. The molecular weight excluding hydrogens is 343 g/mol. The fraction of sp³-hybridized carbons (Fsp3) is 0.500. The third-order valence-corrected chi connectivity index (χ3v) is 5.10. The van der Waals surface area contributed by atoms with Crippen molar-refractivity contribution in [2.75, 3.05) is 6.54 Å². The van der Waals surface area contributed by atoms with Crippen LogP contribution in [0.5, 0.6) is 0 Å². The van der Waals surface area contributed by atoms with Gasteiger partial charge in [0.25, 0.3) is 0 Å². The van der Waals surface area contributed by atoms with Gasteiger partial charge in [0.15, 0.2) is 0 Å². The van der Waals surface area contributed by atoms with E-state index in [4.69, 9.17) is 40.5 Å². The Morgan fingerprint density at radius 3 is 2.15 bits per heavy atom. The van der Waals surface area contributed by atoms with Crippen molar-refractivity contribution >= 4 is 44.8 Å². The third-order valence-electron chi connectivity index (χ3n) is 2.54. The van der Waals surface area contributed by atoms with E-state index >= 15 is 0 Å². The standard InChI is InChI=1S/C12H17Cl3N2O2S/c1-7(2)3-9(16)6-17-20(18,19)12-10(14)4-8(13)5-11(12)15/h4-5,7,9,17H,3,6,16H2,1-2H3. The Hall–Kier alpha value is -0.0400. The van der Waals surface area contributed by atoms with Gasteiger partial charge in [0.05, 0.1) is 10.0 Å². The SMILES string of the molecule is CC(C)CC(N)CNS(=O)(=O)c1c(Cl)cc(Cl)cc1Cl. The van der Waals surface area contributed by atoms with Crippen molar-refractivity contribution in [2.45, 2.75) is 31.2 Å². The maximum Gasteiger partial charge on any atom is 0.243 e. The summed E-state index contributed by atoms with van der Waals surface area (Å²) in [5, 5.41) is 0.232. The highest BCUT2D eigenvalue weighted by molar-refractivity contribution is 7.89. The quantitative estimate of drug-likeness (QED) is 0.818. The van der Waals surface area contributed by atoms with Crippen LogP contribution in [0, 0.1) is 5.92 Å². The number of hydrogen-bond donors (Lipinski definition) is 2. The van der Waals surface area contributed by atoms with Crippen LogP contribution in [0.15, 0.2) is 17.0 Å². The largest absolute Gasteiger partial charge is 0.327 e. The van der Waals surface area contributed by atoms with Gasteiger partial charge in [-0.25, -0.2) is 13.1 Å². The predicted molar refractivity (Wildman–Crippen MR) is 84.1 cm³/mol. The smallest absolute Gasteiger partial charge is 0.243 e. The summed E-state index contributed by atoms with van der Waals surface area (Å²) in [7, 11) is -3.82. The molecule has 0 fully saturated rings. The number of hydrogen-bond acceptors (Lipinski definition) is 3. The number of halogens is 3. The molecule has 0 aliphatic heterocycles. The Kier molecular flexibility index (Phi) is 6.57. The third kappa shape index (κ3) is 5.06. The molecule has 20 heavy (non-hydrogen) atoms. The first kappa shape index (κ1) is 18.0. The molecule has 0 saturated heterocycles. The fourth-order valence-corrected chi connectivity index (χ4v) is 4.40. The monoisotopic (exact) mass is 358 g/mol. The van der Waals surface area contributed by atoms with Crippen molar-refractivity contribution in [1.82, 2.24) is 4.72 Å². The molecule has 0 amide bonds. The molecule has 0 spiro atoms. The van der Waals surface area contributed by atoms with Crippen LogP contribution in [-0.4, -0.2) is 21.0 Å². The van der Waals surface area contributed by atoms with Gasteiger partial charge < -0.3 is 5.73 Å². The van der Waals surface area contributed by atoms with Crippen molar-refractivity contribution in [1.29, 1.82) is 0 Å². The number of rotatable bonds is 6. The van der Waals surface area contributed by atoms with Gasteiger partial charge in [-0.1, -0.05) is 48.7 Å². The molecule has 0 aliphatic carbocycles. The maximum absolute atomic E-state index is 12.2. The van der Waals surface area contributed by atoms with Gasteiger partial charge in [-0.15, -0.1) is 0 Å². The zero-order chi connectivity index (χ0) is 15.5. The van der Waals surface area contributed by atoms with Crippen LogP contribution in [0.3, 0.4) is 0 Å². The zero-order valence-electron chi connectivity index (χ0n) is 11.2. The van der Waals surface area contributed by atoms with Crippen LogP contribution in [0.2, 0.25) is 15.1 Å². The molecule has 0 radical (unpaired) electrons. The lowest BCUT2D eigenvalue weighted by molar-refractivity contribution is 0.486. The van der Waals surface area contributed by atoms with Crippen LogP contribution in [0.25, 0.3) is 0 Å². The molecule has 0 aromatic heterocycles. The number of benzene rings is 1. The van der Waals surface area contributed by atoms with Gasteiger partial charge in [0.2, 0.25) is 10.0 Å². The van der Waals surface area contributed by atoms with E-state index in [1.807, 2.05) is 13.8 Å². The molecule has 1 aromatic rings. The lowest BCUT2D eigenvalue weighted by Crippen LogP contribution is -2.38. The second kappa shape index (κ2) is 7.29. The van der Waals surface area contributed by atoms with E-state index in [2.05, 4.69) is 4.72 Å². The first-order chi connectivity index (χ1) is 9.13. The molecule has 1 atom stereocenters. The average molecular weight is 360 g/mol. The predicted octanol–water partition coefficient (Wildman–Crippen LogP) is 3.30. The second-order valence-electron chi connectivity index (χ2n) is 4.94. The minimum atomic E-state index is -3.82. The van der Waals surface area contributed by atoms with Gasteiger partial charge in [0.1, 0.15) is 4.90 Å². The lowest BCUT2D eigenvalue weighted by atomic mass is 10.1. The van der Waals surface area contributed by atoms with Crippen molar-refractivity contribution in [3.8, 4) is 0 Å². The van der Waals surface area contributed by atoms with E-state index in [-0.39, 0.29) is 32.5 Å². The number of nitrogens with one attached hydrogen (secondary N) is 1. The number of nitrogens with two attached hydrogens (primary N) is 1. The van der Waals surface area contributed by atoms with Crippen LogP contribution in [-0.2, 0) is 10.0 Å². The molecule has 0 bridgehead atoms. The van der Waals surface area contributed by atoms with Crippen LogP contribution in [0.4, 0.5) is 0 Å². The second-order valence-corrected chi connectivity index (χ2v) is 7.89. The first-order valence-electron chi connectivity index (χ1n) is 6.03. The first-order valence-corrected chi connectivity index (χ1v) is 8.65. The van der Waals surface area contributed by atoms with E-state index in [0.717, 1.165) is 0 Å². The Labute approximate surface area is 134 Å². The minimum absolute atomic E-state index is 0.0209. The highest BCUT2D eigenvalue weighted by atomic mass is 35.5. The summed E-state index contributed by atoms with van der Waals surface area (Å²) in [6, 6.07) is 2.39. The van der Waals surface area contributed by atoms with Crippen LogP contribution in [0.1, 0.15) is 20.3 Å². The van der Waals surface area contributed by atoms with E-state index in [1.165, 1.54) is 12.1 Å². The molecule has 1 aromatic carbocycles. The van der Waals surface area contributed by atoms with Crippen molar-refractivity contribution in [3.63, 3.8) is 0 Å². The summed E-state index contributed by atoms with van der Waals surface area (Å²) in [6.45, 7) is 4.15. The summed E-state index contributed by atoms with van der Waals surface area (Å²) < 4.78 is 26.8. The molecule has 4 nitrogen and oxygen atoms in total. The highest BCUT2D eigenvalue weighted by Crippen LogP contribution is 2.32. The van der Waals surface area contributed by atoms with Crippen molar-refractivity contribution in [2.24, 2.45) is 11.7 Å². The van der Waals surface area contributed by atoms with Crippen LogP contribution >= 0.6 is 34.8 Å². The summed E-state index contributed by atoms with van der Waals surface area (Å²) in [5.74, 6) is 0.386. The molecule has 0 saturated carbocycles. The molecule has 1 rings (SSSR count). The Morgan fingerprint density at radius 1 is 1.20 bits per heavy atom. The topological polar surface area (TPSA) is 72.2 Å². The Balaban J connectivity index is 2.90. The van der Waals surface area contributed by atoms with E-state index < -0.39 is 10.0 Å². The van der Waals surface area contributed by atoms with Gasteiger partial charge in [0, 0.05) is 17.6 Å². The molecule has 114 valence electrons. The summed E-state index contributed by atoms with van der Waals surface area (Å²) in [6.07, 6.45) is 0.713. The molecule has 0 heterocycles. The molecule has 3 N–H and O–H groups in total. The normalized spacial score (nSPS) is 13.8. The Morgan fingerprint density at radius 2 is 1.70 bits per heavy atom. The summed E-state index contributed by atoms with van der Waals surface area (Å²) >= 11 is 17.6. The Bertz CT molecular complexity index is 553. The summed E-state index contributed by atoms with van der Waals surface area (Å²) in [4.78, 5) is -0.179. The van der Waals surface area contributed by atoms with E-state index in [9.17, 15) is 8.42 Å². The average Bonchev–Trinajstić information content (AvgIpc) is 2.23. The van der Waals surface area contributed by atoms with Gasteiger partial charge >= 0.3 is 0 Å². The van der Waals surface area contributed by atoms with E-state index in [1.54, 1.807) is 0 Å². The number of sulfonamides is 1. The highest BCUT2D eigenvalue weighted by Gasteiger charge is 2.23. The van der Waals surface area contributed by atoms with Gasteiger partial charge in [-0.3, -0.25) is 0 Å². The zero-order valence-corrected chi connectivity index (χ0v) is 14.2. The van der Waals surface area contributed by atoms with Crippen LogP contribution < -0.4 is 10.5 Å². The van der Waals surface area contributed by atoms with Gasteiger partial charge in [-0.05, 0) is 24.5 Å². The van der Waals surface area contributed by atoms with E-state index in [0.29, 0.717) is 12.3 Å². The fourth-order valence-electron chi connectivity index (χ4n) is 1.76. The maximum atomic E-state index is 12.2. The minimum Gasteiger partial charge on any atom is -0.327 e. The molecule has 1 unspecified atom stereocenters.